The van der Waals surface area contributed by atoms with Crippen LogP contribution < -0.4 is 10.6 Å². The molecule has 3 atom stereocenters. The zero-order valence-corrected chi connectivity index (χ0v) is 17.2. The van der Waals surface area contributed by atoms with Crippen molar-refractivity contribution in [3.63, 3.8) is 0 Å². The van der Waals surface area contributed by atoms with Crippen LogP contribution in [0.4, 0.5) is 4.79 Å². The lowest BCUT2D eigenvalue weighted by Gasteiger charge is -2.34. The Morgan fingerprint density at radius 1 is 1.14 bits per heavy atom. The van der Waals surface area contributed by atoms with Crippen LogP contribution in [0.2, 0.25) is 0 Å². The lowest BCUT2D eigenvalue weighted by molar-refractivity contribution is -0.138. The maximum Gasteiger partial charge on any atom is 0.325 e. The first-order valence-electron chi connectivity index (χ1n) is 11.0. The van der Waals surface area contributed by atoms with Gasteiger partial charge in [-0.15, -0.1) is 0 Å². The predicted octanol–water partition coefficient (Wildman–Crippen LogP) is 3.16. The van der Waals surface area contributed by atoms with Crippen molar-refractivity contribution < 1.29 is 14.4 Å². The molecule has 1 aliphatic heterocycles. The Morgan fingerprint density at radius 2 is 1.83 bits per heavy atom. The van der Waals surface area contributed by atoms with Crippen molar-refractivity contribution in [2.75, 3.05) is 0 Å². The molecule has 6 heteroatoms. The SMILES string of the molecule is CC(C(=O)NC1CCCCC1Cc1ccccc1)N1C(=O)NC2(CCCC2)C1=O. The summed E-state index contributed by atoms with van der Waals surface area (Å²) in [4.78, 5) is 39.6. The van der Waals surface area contributed by atoms with Gasteiger partial charge in [0.05, 0.1) is 0 Å². The van der Waals surface area contributed by atoms with E-state index in [1.807, 2.05) is 18.2 Å². The van der Waals surface area contributed by atoms with E-state index in [9.17, 15) is 14.4 Å². The smallest absolute Gasteiger partial charge is 0.325 e. The number of nitrogens with one attached hydrogen (secondary N) is 2. The Labute approximate surface area is 172 Å². The highest BCUT2D eigenvalue weighted by atomic mass is 16.2. The Balaban J connectivity index is 1.42. The Kier molecular flexibility index (Phi) is 5.61. The van der Waals surface area contributed by atoms with Crippen LogP contribution in [-0.4, -0.2) is 40.4 Å². The molecule has 1 spiro atoms. The fraction of sp³-hybridized carbons (Fsp3) is 0.609. The number of urea groups is 1. The van der Waals surface area contributed by atoms with Gasteiger partial charge in [-0.2, -0.15) is 0 Å². The van der Waals surface area contributed by atoms with Crippen molar-refractivity contribution in [2.24, 2.45) is 5.92 Å². The van der Waals surface area contributed by atoms with Crippen molar-refractivity contribution in [1.82, 2.24) is 15.5 Å². The maximum absolute atomic E-state index is 13.0. The number of hydrogen-bond donors (Lipinski definition) is 2. The summed E-state index contributed by atoms with van der Waals surface area (Å²) < 4.78 is 0. The van der Waals surface area contributed by atoms with Gasteiger partial charge in [-0.25, -0.2) is 9.69 Å². The average molecular weight is 398 g/mol. The van der Waals surface area contributed by atoms with Crippen molar-refractivity contribution in [3.05, 3.63) is 35.9 Å². The van der Waals surface area contributed by atoms with Gasteiger partial charge in [-0.3, -0.25) is 9.59 Å². The van der Waals surface area contributed by atoms with Gasteiger partial charge in [0.1, 0.15) is 11.6 Å². The molecule has 156 valence electrons. The predicted molar refractivity (Wildman–Crippen MR) is 110 cm³/mol. The van der Waals surface area contributed by atoms with E-state index < -0.39 is 17.6 Å². The molecule has 0 bridgehead atoms. The van der Waals surface area contributed by atoms with Gasteiger partial charge in [-0.1, -0.05) is 56.0 Å². The Bertz CT molecular complexity index is 773. The van der Waals surface area contributed by atoms with Crippen LogP contribution in [0.25, 0.3) is 0 Å². The molecule has 4 amide bonds. The van der Waals surface area contributed by atoms with E-state index in [1.54, 1.807) is 6.92 Å². The first-order chi connectivity index (χ1) is 14.0. The summed E-state index contributed by atoms with van der Waals surface area (Å²) in [6, 6.07) is 9.23. The Morgan fingerprint density at radius 3 is 2.55 bits per heavy atom. The minimum Gasteiger partial charge on any atom is -0.351 e. The third-order valence-electron chi connectivity index (χ3n) is 6.99. The number of hydrogen-bond acceptors (Lipinski definition) is 3. The summed E-state index contributed by atoms with van der Waals surface area (Å²) in [5.41, 5.74) is 0.510. The summed E-state index contributed by atoms with van der Waals surface area (Å²) in [7, 11) is 0. The zero-order valence-electron chi connectivity index (χ0n) is 17.2. The second-order valence-corrected chi connectivity index (χ2v) is 8.92. The quantitative estimate of drug-likeness (QED) is 0.749. The van der Waals surface area contributed by atoms with Crippen molar-refractivity contribution >= 4 is 17.8 Å². The molecule has 3 unspecified atom stereocenters. The molecule has 2 saturated carbocycles. The second-order valence-electron chi connectivity index (χ2n) is 8.92. The van der Waals surface area contributed by atoms with E-state index >= 15 is 0 Å². The number of benzene rings is 1. The van der Waals surface area contributed by atoms with Crippen molar-refractivity contribution in [1.29, 1.82) is 0 Å². The molecule has 6 nitrogen and oxygen atoms in total. The standard InChI is InChI=1S/C23H31N3O3/c1-16(26-21(28)23(25-22(26)29)13-7-8-14-23)20(27)24-19-12-6-5-11-18(19)15-17-9-3-2-4-10-17/h2-4,9-10,16,18-19H,5-8,11-15H2,1H3,(H,24,27)(H,25,29). The molecule has 1 aromatic rings. The van der Waals surface area contributed by atoms with Crippen LogP contribution >= 0.6 is 0 Å². The van der Waals surface area contributed by atoms with Crippen LogP contribution in [0.5, 0.6) is 0 Å². The minimum atomic E-state index is -0.790. The van der Waals surface area contributed by atoms with Crippen LogP contribution in [0.3, 0.4) is 0 Å². The number of nitrogens with zero attached hydrogens (tertiary/aromatic N) is 1. The molecule has 2 N–H and O–H groups in total. The molecule has 2 aliphatic carbocycles. The molecular formula is C23H31N3O3. The lowest BCUT2D eigenvalue weighted by Crippen LogP contribution is -2.53. The fourth-order valence-electron chi connectivity index (χ4n) is 5.29. The van der Waals surface area contributed by atoms with Gasteiger partial charge in [0.15, 0.2) is 0 Å². The summed E-state index contributed by atoms with van der Waals surface area (Å²) in [6.07, 6.45) is 8.44. The zero-order chi connectivity index (χ0) is 20.4. The largest absolute Gasteiger partial charge is 0.351 e. The molecule has 3 aliphatic rings. The highest BCUT2D eigenvalue weighted by Crippen LogP contribution is 2.36. The number of imide groups is 1. The van der Waals surface area contributed by atoms with E-state index in [1.165, 1.54) is 12.0 Å². The molecule has 0 radical (unpaired) electrons. The molecule has 1 heterocycles. The summed E-state index contributed by atoms with van der Waals surface area (Å²) in [5, 5.41) is 6.04. The third-order valence-corrected chi connectivity index (χ3v) is 6.99. The number of rotatable bonds is 5. The van der Waals surface area contributed by atoms with E-state index in [-0.39, 0.29) is 17.9 Å². The molecule has 29 heavy (non-hydrogen) atoms. The Hall–Kier alpha value is -2.37. The van der Waals surface area contributed by atoms with Gasteiger partial charge >= 0.3 is 6.03 Å². The monoisotopic (exact) mass is 397 g/mol. The summed E-state index contributed by atoms with van der Waals surface area (Å²) in [5.74, 6) is -0.0766. The molecule has 1 saturated heterocycles. The first kappa shape index (κ1) is 19.9. The normalized spacial score (nSPS) is 27.1. The first-order valence-corrected chi connectivity index (χ1v) is 11.0. The van der Waals surface area contributed by atoms with Crippen LogP contribution in [0.1, 0.15) is 63.9 Å². The van der Waals surface area contributed by atoms with Gasteiger partial charge < -0.3 is 10.6 Å². The third kappa shape index (κ3) is 3.89. The van der Waals surface area contributed by atoms with E-state index in [4.69, 9.17) is 0 Å². The van der Waals surface area contributed by atoms with Gasteiger partial charge in [0.2, 0.25) is 5.91 Å². The van der Waals surface area contributed by atoms with Crippen molar-refractivity contribution in [2.45, 2.75) is 82.3 Å². The number of carbonyl (C=O) groups excluding carboxylic acids is 3. The fourth-order valence-corrected chi connectivity index (χ4v) is 5.29. The molecule has 3 fully saturated rings. The van der Waals surface area contributed by atoms with Crippen LogP contribution in [0.15, 0.2) is 30.3 Å². The molecule has 1 aromatic carbocycles. The maximum atomic E-state index is 13.0. The minimum absolute atomic E-state index is 0.0834. The average Bonchev–Trinajstić information content (AvgIpc) is 3.28. The number of amides is 4. The van der Waals surface area contributed by atoms with E-state index in [0.717, 1.165) is 43.4 Å². The molecular weight excluding hydrogens is 366 g/mol. The highest BCUT2D eigenvalue weighted by Gasteiger charge is 2.54. The topological polar surface area (TPSA) is 78.5 Å². The van der Waals surface area contributed by atoms with E-state index in [2.05, 4.69) is 22.8 Å². The highest BCUT2D eigenvalue weighted by molar-refractivity contribution is 6.10. The van der Waals surface area contributed by atoms with Gasteiger partial charge in [-0.05, 0) is 50.5 Å². The number of carbonyl (C=O) groups is 3. The molecule has 0 aromatic heterocycles. The van der Waals surface area contributed by atoms with Crippen LogP contribution in [0, 0.1) is 5.92 Å². The van der Waals surface area contributed by atoms with Gasteiger partial charge in [0.25, 0.3) is 5.91 Å². The van der Waals surface area contributed by atoms with Crippen molar-refractivity contribution in [3.8, 4) is 0 Å². The van der Waals surface area contributed by atoms with Gasteiger partial charge in [0, 0.05) is 6.04 Å². The van der Waals surface area contributed by atoms with E-state index in [0.29, 0.717) is 18.8 Å². The van der Waals surface area contributed by atoms with Crippen LogP contribution in [-0.2, 0) is 16.0 Å². The lowest BCUT2D eigenvalue weighted by atomic mass is 9.80. The molecule has 4 rings (SSSR count). The second kappa shape index (κ2) is 8.17. The summed E-state index contributed by atoms with van der Waals surface area (Å²) >= 11 is 0. The summed E-state index contributed by atoms with van der Waals surface area (Å²) in [6.45, 7) is 1.66.